The highest BCUT2D eigenvalue weighted by atomic mass is 32.2. The first-order valence-electron chi connectivity index (χ1n) is 9.57. The second-order valence-corrected chi connectivity index (χ2v) is 8.99. The molecule has 1 atom stereocenters. The molecule has 2 aliphatic rings. The van der Waals surface area contributed by atoms with Crippen molar-refractivity contribution in [2.75, 3.05) is 25.5 Å². The van der Waals surface area contributed by atoms with E-state index in [4.69, 9.17) is 13.9 Å². The summed E-state index contributed by atoms with van der Waals surface area (Å²) in [4.78, 5) is 14.8. The van der Waals surface area contributed by atoms with Gasteiger partial charge in [-0.2, -0.15) is 0 Å². The Morgan fingerprint density at radius 1 is 1.21 bits per heavy atom. The van der Waals surface area contributed by atoms with Crippen molar-refractivity contribution in [2.24, 2.45) is 0 Å². The first kappa shape index (κ1) is 19.1. The van der Waals surface area contributed by atoms with E-state index in [-0.39, 0.29) is 23.1 Å². The van der Waals surface area contributed by atoms with E-state index in [0.717, 1.165) is 36.4 Å². The molecule has 1 amide bonds. The monoisotopic (exact) mass is 403 g/mol. The van der Waals surface area contributed by atoms with Crippen LogP contribution in [0.15, 0.2) is 27.8 Å². The molecule has 0 saturated carbocycles. The molecule has 150 valence electrons. The average molecular weight is 404 g/mol. The zero-order valence-corrected chi connectivity index (χ0v) is 17.3. The topological polar surface area (TPSA) is 77.7 Å². The predicted octanol–water partition coefficient (Wildman–Crippen LogP) is 3.59. The van der Waals surface area contributed by atoms with E-state index in [1.807, 2.05) is 43.9 Å². The summed E-state index contributed by atoms with van der Waals surface area (Å²) in [5, 5.41) is 8.57. The molecule has 7 nitrogen and oxygen atoms in total. The molecular weight excluding hydrogens is 378 g/mol. The maximum atomic E-state index is 12.9. The molecule has 0 radical (unpaired) electrons. The van der Waals surface area contributed by atoms with Gasteiger partial charge in [0.05, 0.1) is 11.8 Å². The van der Waals surface area contributed by atoms with Crippen molar-refractivity contribution in [1.82, 2.24) is 15.1 Å². The fraction of sp³-hybridized carbons (Fsp3) is 0.550. The van der Waals surface area contributed by atoms with Gasteiger partial charge in [0.15, 0.2) is 11.5 Å². The lowest BCUT2D eigenvalue weighted by atomic mass is 9.97. The molecule has 0 N–H and O–H groups in total. The van der Waals surface area contributed by atoms with Gasteiger partial charge in [0.2, 0.25) is 11.8 Å². The zero-order valence-electron chi connectivity index (χ0n) is 16.4. The number of benzene rings is 1. The van der Waals surface area contributed by atoms with Gasteiger partial charge in [-0.15, -0.1) is 10.2 Å². The summed E-state index contributed by atoms with van der Waals surface area (Å²) in [6, 6.07) is 6.04. The van der Waals surface area contributed by atoms with E-state index >= 15 is 0 Å². The molecule has 0 bridgehead atoms. The van der Waals surface area contributed by atoms with Crippen LogP contribution in [0.25, 0.3) is 0 Å². The van der Waals surface area contributed by atoms with Crippen molar-refractivity contribution in [3.05, 3.63) is 29.7 Å². The predicted molar refractivity (Wildman–Crippen MR) is 105 cm³/mol. The SMILES string of the molecule is CC(C)(C)c1nnc(SCC(=O)N2CCCC2c2ccc3c(c2)OCCO3)o1. The second kappa shape index (κ2) is 7.66. The highest BCUT2D eigenvalue weighted by Gasteiger charge is 2.31. The number of aromatic nitrogens is 2. The number of nitrogens with zero attached hydrogens (tertiary/aromatic N) is 3. The smallest absolute Gasteiger partial charge is 0.277 e. The van der Waals surface area contributed by atoms with Gasteiger partial charge in [-0.25, -0.2) is 0 Å². The fourth-order valence-corrected chi connectivity index (χ4v) is 4.11. The number of ether oxygens (including phenoxy) is 2. The quantitative estimate of drug-likeness (QED) is 0.722. The Morgan fingerprint density at radius 3 is 2.75 bits per heavy atom. The van der Waals surface area contributed by atoms with Crippen LogP contribution in [0.4, 0.5) is 0 Å². The van der Waals surface area contributed by atoms with Crippen molar-refractivity contribution in [3.8, 4) is 11.5 Å². The van der Waals surface area contributed by atoms with Crippen LogP contribution in [0.5, 0.6) is 11.5 Å². The van der Waals surface area contributed by atoms with Crippen molar-refractivity contribution in [3.63, 3.8) is 0 Å². The largest absolute Gasteiger partial charge is 0.486 e. The lowest BCUT2D eigenvalue weighted by molar-refractivity contribution is -0.129. The lowest BCUT2D eigenvalue weighted by Crippen LogP contribution is -2.32. The van der Waals surface area contributed by atoms with Gasteiger partial charge >= 0.3 is 0 Å². The molecule has 3 heterocycles. The van der Waals surface area contributed by atoms with Gasteiger partial charge in [0.1, 0.15) is 13.2 Å². The van der Waals surface area contributed by atoms with Gasteiger partial charge < -0.3 is 18.8 Å². The highest BCUT2D eigenvalue weighted by Crippen LogP contribution is 2.38. The molecule has 2 aromatic rings. The van der Waals surface area contributed by atoms with E-state index in [2.05, 4.69) is 10.2 Å². The van der Waals surface area contributed by atoms with Crippen LogP contribution in [0.2, 0.25) is 0 Å². The fourth-order valence-electron chi connectivity index (χ4n) is 3.46. The number of carbonyl (C=O) groups excluding carboxylic acids is 1. The Labute approximate surface area is 168 Å². The van der Waals surface area contributed by atoms with Crippen LogP contribution >= 0.6 is 11.8 Å². The molecular formula is C20H25N3O4S. The molecule has 8 heteroatoms. The summed E-state index contributed by atoms with van der Waals surface area (Å²) in [5.74, 6) is 2.48. The molecule has 1 aromatic heterocycles. The maximum Gasteiger partial charge on any atom is 0.277 e. The van der Waals surface area contributed by atoms with Crippen LogP contribution < -0.4 is 9.47 Å². The Morgan fingerprint density at radius 2 is 2.00 bits per heavy atom. The number of thioether (sulfide) groups is 1. The molecule has 1 saturated heterocycles. The summed E-state index contributed by atoms with van der Waals surface area (Å²) in [5.41, 5.74) is 0.890. The Bertz CT molecular complexity index is 861. The summed E-state index contributed by atoms with van der Waals surface area (Å²) in [6.45, 7) is 7.94. The van der Waals surface area contributed by atoms with E-state index in [9.17, 15) is 4.79 Å². The third-order valence-corrected chi connectivity index (χ3v) is 5.69. The van der Waals surface area contributed by atoms with Gasteiger partial charge in [-0.3, -0.25) is 4.79 Å². The lowest BCUT2D eigenvalue weighted by Gasteiger charge is -2.26. The number of likely N-dealkylation sites (tertiary alicyclic amines) is 1. The van der Waals surface area contributed by atoms with Crippen molar-refractivity contribution >= 4 is 17.7 Å². The van der Waals surface area contributed by atoms with Gasteiger partial charge in [-0.05, 0) is 30.5 Å². The molecule has 0 spiro atoms. The van der Waals surface area contributed by atoms with Crippen molar-refractivity contribution < 1.29 is 18.7 Å². The molecule has 1 unspecified atom stereocenters. The first-order chi connectivity index (χ1) is 13.4. The summed E-state index contributed by atoms with van der Waals surface area (Å²) in [6.07, 6.45) is 1.94. The minimum Gasteiger partial charge on any atom is -0.486 e. The molecule has 0 aliphatic carbocycles. The number of amides is 1. The molecule has 28 heavy (non-hydrogen) atoms. The number of hydrogen-bond acceptors (Lipinski definition) is 7. The number of hydrogen-bond donors (Lipinski definition) is 0. The van der Waals surface area contributed by atoms with E-state index < -0.39 is 0 Å². The van der Waals surface area contributed by atoms with E-state index in [0.29, 0.717) is 24.3 Å². The summed E-state index contributed by atoms with van der Waals surface area (Å²) in [7, 11) is 0. The van der Waals surface area contributed by atoms with Crippen LogP contribution in [-0.4, -0.2) is 46.5 Å². The van der Waals surface area contributed by atoms with Crippen molar-refractivity contribution in [1.29, 1.82) is 0 Å². The van der Waals surface area contributed by atoms with E-state index in [1.165, 1.54) is 11.8 Å². The Balaban J connectivity index is 1.42. The normalized spacial score (nSPS) is 19.1. The number of fused-ring (bicyclic) bond motifs is 1. The zero-order chi connectivity index (χ0) is 19.7. The number of rotatable bonds is 4. The van der Waals surface area contributed by atoms with Gasteiger partial charge in [0.25, 0.3) is 5.22 Å². The summed E-state index contributed by atoms with van der Waals surface area (Å²) >= 11 is 1.30. The van der Waals surface area contributed by atoms with Crippen molar-refractivity contribution in [2.45, 2.75) is 50.3 Å². The van der Waals surface area contributed by atoms with Crippen LogP contribution in [0, 0.1) is 0 Å². The van der Waals surface area contributed by atoms with Crippen LogP contribution in [0.1, 0.15) is 51.1 Å². The molecule has 2 aliphatic heterocycles. The highest BCUT2D eigenvalue weighted by molar-refractivity contribution is 7.99. The third-order valence-electron chi connectivity index (χ3n) is 4.89. The first-order valence-corrected chi connectivity index (χ1v) is 10.6. The van der Waals surface area contributed by atoms with Gasteiger partial charge in [-0.1, -0.05) is 38.6 Å². The van der Waals surface area contributed by atoms with Crippen LogP contribution in [-0.2, 0) is 10.2 Å². The van der Waals surface area contributed by atoms with Gasteiger partial charge in [0, 0.05) is 12.0 Å². The third kappa shape index (κ3) is 3.97. The minimum absolute atomic E-state index is 0.0664. The molecule has 4 rings (SSSR count). The minimum atomic E-state index is -0.200. The molecule has 1 aromatic carbocycles. The van der Waals surface area contributed by atoms with Crippen LogP contribution in [0.3, 0.4) is 0 Å². The van der Waals surface area contributed by atoms with E-state index in [1.54, 1.807) is 0 Å². The average Bonchev–Trinajstić information content (AvgIpc) is 3.35. The number of carbonyl (C=O) groups is 1. The Kier molecular flexibility index (Phi) is 5.23. The standard InChI is InChI=1S/C20H25N3O4S/c1-20(2,3)18-21-22-19(27-18)28-12-17(24)23-8-4-5-14(23)13-6-7-15-16(11-13)26-10-9-25-15/h6-7,11,14H,4-5,8-10,12H2,1-3H3. The summed E-state index contributed by atoms with van der Waals surface area (Å²) < 4.78 is 17.0. The second-order valence-electron chi connectivity index (χ2n) is 8.06. The Hall–Kier alpha value is -2.22. The molecule has 1 fully saturated rings. The maximum absolute atomic E-state index is 12.9.